The number of rotatable bonds is 5. The van der Waals surface area contributed by atoms with Gasteiger partial charge in [0.05, 0.1) is 16.2 Å². The number of carbonyl (C=O) groups is 2. The molecule has 0 unspecified atom stereocenters. The van der Waals surface area contributed by atoms with Crippen molar-refractivity contribution in [2.24, 2.45) is 0 Å². The van der Waals surface area contributed by atoms with E-state index >= 15 is 0 Å². The molecule has 1 aliphatic rings. The van der Waals surface area contributed by atoms with E-state index in [9.17, 15) is 9.59 Å². The molecule has 4 rings (SSSR count). The lowest BCUT2D eigenvalue weighted by atomic mass is 9.99. The second-order valence-corrected chi connectivity index (χ2v) is 8.85. The van der Waals surface area contributed by atoms with Crippen LogP contribution in [0.2, 0.25) is 0 Å². The van der Waals surface area contributed by atoms with Gasteiger partial charge < -0.3 is 4.52 Å². The number of thioether (sulfide) groups is 1. The Balaban J connectivity index is 1.38. The molecule has 3 aromatic rings. The lowest BCUT2D eigenvalue weighted by Gasteiger charge is -2.09. The van der Waals surface area contributed by atoms with Gasteiger partial charge in [-0.05, 0) is 56.4 Å². The molecule has 0 atom stereocenters. The molecule has 1 aliphatic carbocycles. The Morgan fingerprint density at radius 1 is 1.17 bits per heavy atom. The molecule has 0 spiro atoms. The first-order valence-corrected chi connectivity index (χ1v) is 11.1. The monoisotopic (exact) mass is 428 g/mol. The van der Waals surface area contributed by atoms with E-state index in [1.165, 1.54) is 46.4 Å². The van der Waals surface area contributed by atoms with Gasteiger partial charge in [-0.1, -0.05) is 17.3 Å². The summed E-state index contributed by atoms with van der Waals surface area (Å²) in [5.41, 5.74) is 6.79. The maximum atomic E-state index is 12.6. The molecule has 29 heavy (non-hydrogen) atoms. The number of carbonyl (C=O) groups excluding carboxylic acids is 2. The van der Waals surface area contributed by atoms with Crippen molar-refractivity contribution in [3.05, 3.63) is 62.9 Å². The quantitative estimate of drug-likeness (QED) is 0.475. The van der Waals surface area contributed by atoms with E-state index in [-0.39, 0.29) is 11.8 Å². The Bertz CT molecular complexity index is 1020. The maximum Gasteiger partial charge on any atom is 0.279 e. The average molecular weight is 429 g/mol. The Labute approximate surface area is 176 Å². The molecule has 150 valence electrons. The highest BCUT2D eigenvalue weighted by Crippen LogP contribution is 2.29. The molecular weight excluding hydrogens is 408 g/mol. The van der Waals surface area contributed by atoms with Crippen molar-refractivity contribution in [1.82, 2.24) is 21.0 Å². The van der Waals surface area contributed by atoms with E-state index < -0.39 is 0 Å². The number of thiophene rings is 1. The van der Waals surface area contributed by atoms with Gasteiger partial charge in [0.2, 0.25) is 5.89 Å². The van der Waals surface area contributed by atoms with E-state index in [0.29, 0.717) is 27.9 Å². The maximum absolute atomic E-state index is 12.6. The normalized spacial score (nSPS) is 13.0. The van der Waals surface area contributed by atoms with Crippen LogP contribution in [0.3, 0.4) is 0 Å². The molecule has 2 heterocycles. The molecule has 0 saturated heterocycles. The number of amides is 2. The van der Waals surface area contributed by atoms with Crippen LogP contribution < -0.4 is 10.9 Å². The Hall–Kier alpha value is -2.65. The van der Waals surface area contributed by atoms with Crippen LogP contribution in [0.5, 0.6) is 0 Å². The number of aryl methyl sites for hydroxylation is 3. The van der Waals surface area contributed by atoms with Crippen molar-refractivity contribution >= 4 is 34.9 Å². The average Bonchev–Trinajstić information content (AvgIpc) is 3.36. The van der Waals surface area contributed by atoms with E-state index in [0.717, 1.165) is 17.7 Å². The number of aromatic nitrogens is 2. The molecule has 0 saturated carbocycles. The second-order valence-electron chi connectivity index (χ2n) is 6.69. The van der Waals surface area contributed by atoms with Crippen molar-refractivity contribution in [2.45, 2.75) is 43.3 Å². The molecule has 9 heteroatoms. The fraction of sp³-hybridized carbons (Fsp3) is 0.300. The first-order chi connectivity index (χ1) is 14.1. The smallest absolute Gasteiger partial charge is 0.279 e. The van der Waals surface area contributed by atoms with Gasteiger partial charge in [0, 0.05) is 9.77 Å². The number of nitrogens with zero attached hydrogens (tertiary/aromatic N) is 2. The summed E-state index contributed by atoms with van der Waals surface area (Å²) in [5.74, 6) is 0.870. The third kappa shape index (κ3) is 4.68. The van der Waals surface area contributed by atoms with Gasteiger partial charge in [0.15, 0.2) is 5.82 Å². The largest absolute Gasteiger partial charge is 0.338 e. The molecule has 2 amide bonds. The minimum absolute atomic E-state index is 0.288. The standard InChI is InChI=1S/C20H20N4O3S2/c1-12-21-18(27-24-12)11-28-16-9-5-3-7-14(16)19(25)22-23-20(26)17-10-13-6-2-4-8-15(13)29-17/h3,5,7,9-10H,2,4,6,8,11H2,1H3,(H,22,25)(H,23,26). The van der Waals surface area contributed by atoms with Crippen molar-refractivity contribution in [1.29, 1.82) is 0 Å². The molecule has 2 N–H and O–H groups in total. The Morgan fingerprint density at radius 3 is 2.76 bits per heavy atom. The fourth-order valence-corrected chi connectivity index (χ4v) is 5.20. The number of hydrazine groups is 1. The first-order valence-electron chi connectivity index (χ1n) is 9.33. The van der Waals surface area contributed by atoms with Crippen molar-refractivity contribution in [3.63, 3.8) is 0 Å². The number of nitrogens with one attached hydrogen (secondary N) is 2. The van der Waals surface area contributed by atoms with Crippen molar-refractivity contribution < 1.29 is 14.1 Å². The van der Waals surface area contributed by atoms with Gasteiger partial charge in [-0.3, -0.25) is 20.4 Å². The summed E-state index contributed by atoms with van der Waals surface area (Å²) in [7, 11) is 0. The molecular formula is C20H20N4O3S2. The van der Waals surface area contributed by atoms with Crippen LogP contribution in [-0.4, -0.2) is 22.0 Å². The predicted octanol–water partition coefficient (Wildman–Crippen LogP) is 3.69. The Kier molecular flexibility index (Phi) is 5.96. The fourth-order valence-electron chi connectivity index (χ4n) is 3.16. The van der Waals surface area contributed by atoms with Gasteiger partial charge >= 0.3 is 0 Å². The van der Waals surface area contributed by atoms with Gasteiger partial charge in [-0.15, -0.1) is 23.1 Å². The van der Waals surface area contributed by atoms with Crippen LogP contribution in [0.15, 0.2) is 39.8 Å². The molecule has 2 aromatic heterocycles. The van der Waals surface area contributed by atoms with Gasteiger partial charge in [-0.2, -0.15) is 4.98 Å². The van der Waals surface area contributed by atoms with E-state index in [4.69, 9.17) is 4.52 Å². The molecule has 0 aliphatic heterocycles. The number of benzene rings is 1. The van der Waals surface area contributed by atoms with Crippen LogP contribution in [-0.2, 0) is 18.6 Å². The lowest BCUT2D eigenvalue weighted by Crippen LogP contribution is -2.41. The van der Waals surface area contributed by atoms with Crippen LogP contribution in [0, 0.1) is 6.92 Å². The number of hydrogen-bond donors (Lipinski definition) is 2. The summed E-state index contributed by atoms with van der Waals surface area (Å²) in [6.07, 6.45) is 4.39. The van der Waals surface area contributed by atoms with Crippen molar-refractivity contribution in [2.75, 3.05) is 0 Å². The highest BCUT2D eigenvalue weighted by Gasteiger charge is 2.18. The zero-order valence-electron chi connectivity index (χ0n) is 15.9. The molecule has 0 fully saturated rings. The minimum atomic E-state index is -0.371. The lowest BCUT2D eigenvalue weighted by molar-refractivity contribution is 0.0847. The van der Waals surface area contributed by atoms with Gasteiger partial charge in [0.25, 0.3) is 11.8 Å². The summed E-state index contributed by atoms with van der Waals surface area (Å²) in [4.78, 5) is 31.9. The van der Waals surface area contributed by atoms with Gasteiger partial charge in [0.1, 0.15) is 0 Å². The molecule has 1 aromatic carbocycles. The first kappa shape index (κ1) is 19.7. The SMILES string of the molecule is Cc1noc(CSc2ccccc2C(=O)NNC(=O)c2cc3c(s2)CCCC3)n1. The predicted molar refractivity (Wildman–Crippen MR) is 111 cm³/mol. The van der Waals surface area contributed by atoms with Crippen LogP contribution >= 0.6 is 23.1 Å². The third-order valence-corrected chi connectivity index (χ3v) is 6.86. The highest BCUT2D eigenvalue weighted by molar-refractivity contribution is 7.98. The summed E-state index contributed by atoms with van der Waals surface area (Å²) in [5, 5.41) is 3.76. The Morgan fingerprint density at radius 2 is 1.97 bits per heavy atom. The van der Waals surface area contributed by atoms with E-state index in [2.05, 4.69) is 21.0 Å². The number of hydrogen-bond acceptors (Lipinski definition) is 7. The summed E-state index contributed by atoms with van der Waals surface area (Å²) >= 11 is 2.93. The summed E-state index contributed by atoms with van der Waals surface area (Å²) in [6.45, 7) is 1.76. The topological polar surface area (TPSA) is 97.1 Å². The van der Waals surface area contributed by atoms with Gasteiger partial charge in [-0.25, -0.2) is 0 Å². The van der Waals surface area contributed by atoms with Crippen LogP contribution in [0.4, 0.5) is 0 Å². The third-order valence-electron chi connectivity index (χ3n) is 4.56. The molecule has 7 nitrogen and oxygen atoms in total. The van der Waals surface area contributed by atoms with E-state index in [1.807, 2.05) is 18.2 Å². The highest BCUT2D eigenvalue weighted by atomic mass is 32.2. The summed E-state index contributed by atoms with van der Waals surface area (Å²) < 4.78 is 5.11. The molecule has 0 bridgehead atoms. The van der Waals surface area contributed by atoms with Crippen molar-refractivity contribution in [3.8, 4) is 0 Å². The summed E-state index contributed by atoms with van der Waals surface area (Å²) in [6, 6.07) is 9.14. The zero-order chi connectivity index (χ0) is 20.2. The van der Waals surface area contributed by atoms with Crippen LogP contribution in [0.1, 0.15) is 55.0 Å². The molecule has 0 radical (unpaired) electrons. The minimum Gasteiger partial charge on any atom is -0.338 e. The van der Waals surface area contributed by atoms with Crippen LogP contribution in [0.25, 0.3) is 0 Å². The second kappa shape index (κ2) is 8.79. The van der Waals surface area contributed by atoms with E-state index in [1.54, 1.807) is 19.1 Å². The zero-order valence-corrected chi connectivity index (χ0v) is 17.5. The number of fused-ring (bicyclic) bond motifs is 1.